The number of ether oxygens (including phenoxy) is 1. The van der Waals surface area contributed by atoms with Gasteiger partial charge in [-0.1, -0.05) is 24.6 Å². The topological polar surface area (TPSA) is 41.6 Å². The van der Waals surface area contributed by atoms with Crippen LogP contribution in [0.15, 0.2) is 42.5 Å². The van der Waals surface area contributed by atoms with E-state index in [0.717, 1.165) is 29.2 Å². The molecule has 3 fully saturated rings. The fourth-order valence-electron chi connectivity index (χ4n) is 6.51. The highest BCUT2D eigenvalue weighted by Gasteiger charge is 2.43. The van der Waals surface area contributed by atoms with Crippen molar-refractivity contribution in [2.45, 2.75) is 57.4 Å². The van der Waals surface area contributed by atoms with Gasteiger partial charge in [0.1, 0.15) is 5.75 Å². The molecule has 1 heterocycles. The normalized spacial score (nSPS) is 25.8. The molecule has 1 N–H and O–H groups in total. The van der Waals surface area contributed by atoms with E-state index in [2.05, 4.69) is 28.4 Å². The Bertz CT molecular complexity index is 946. The Morgan fingerprint density at radius 1 is 1.00 bits per heavy atom. The second kappa shape index (κ2) is 9.27. The lowest BCUT2D eigenvalue weighted by molar-refractivity contribution is 0.0956. The van der Waals surface area contributed by atoms with Gasteiger partial charge >= 0.3 is 0 Å². The molecule has 32 heavy (non-hydrogen) atoms. The van der Waals surface area contributed by atoms with Gasteiger partial charge in [0.25, 0.3) is 5.91 Å². The highest BCUT2D eigenvalue weighted by atomic mass is 16.5. The van der Waals surface area contributed by atoms with Gasteiger partial charge < -0.3 is 15.0 Å². The Morgan fingerprint density at radius 3 is 2.38 bits per heavy atom. The van der Waals surface area contributed by atoms with Crippen LogP contribution in [0.4, 0.5) is 0 Å². The van der Waals surface area contributed by atoms with E-state index in [9.17, 15) is 4.79 Å². The predicted octanol–water partition coefficient (Wildman–Crippen LogP) is 5.48. The van der Waals surface area contributed by atoms with Gasteiger partial charge in [0.05, 0.1) is 7.11 Å². The van der Waals surface area contributed by atoms with Crippen molar-refractivity contribution in [3.05, 3.63) is 53.6 Å². The van der Waals surface area contributed by atoms with Crippen LogP contribution in [0.25, 0.3) is 11.1 Å². The molecule has 170 valence electrons. The number of nitrogens with one attached hydrogen (secondary N) is 1. The number of nitrogens with zero attached hydrogens (tertiary/aromatic N) is 1. The lowest BCUT2D eigenvalue weighted by Gasteiger charge is -2.40. The summed E-state index contributed by atoms with van der Waals surface area (Å²) < 4.78 is 5.77. The number of piperidine rings is 1. The first kappa shape index (κ1) is 21.5. The minimum atomic E-state index is -0.0169. The lowest BCUT2D eigenvalue weighted by Crippen LogP contribution is -2.43. The molecule has 3 atom stereocenters. The SMILES string of the molecule is CCNC(=O)c1ccc(-c2ccc(OC)c(C3CCN([C@H]4C[C@H]5CC[C@H]4C5)CC3)c2)cc1. The standard InChI is InChI=1S/C28H36N2O2/c1-3-29-28(31)22-8-6-20(7-9-22)23-10-11-27(32-2)25(18-23)21-12-14-30(15-13-21)26-17-19-4-5-24(26)16-19/h6-11,18-19,21,24,26H,3-5,12-17H2,1-2H3,(H,29,31)/t19-,24-,26-/m0/s1. The average Bonchev–Trinajstić information content (AvgIpc) is 3.48. The number of methoxy groups -OCH3 is 1. The smallest absolute Gasteiger partial charge is 0.251 e. The molecule has 1 saturated heterocycles. The van der Waals surface area contributed by atoms with Crippen LogP contribution in [0.3, 0.4) is 0 Å². The van der Waals surface area contributed by atoms with Gasteiger partial charge in [-0.2, -0.15) is 0 Å². The van der Waals surface area contributed by atoms with Gasteiger partial charge in [0.15, 0.2) is 0 Å². The Morgan fingerprint density at radius 2 is 1.75 bits per heavy atom. The number of carbonyl (C=O) groups excluding carboxylic acids is 1. The molecule has 0 aromatic heterocycles. The third kappa shape index (κ3) is 4.17. The highest BCUT2D eigenvalue weighted by Crippen LogP contribution is 2.48. The third-order valence-corrected chi connectivity index (χ3v) is 8.19. The summed E-state index contributed by atoms with van der Waals surface area (Å²) in [5.41, 5.74) is 4.38. The Hall–Kier alpha value is -2.33. The summed E-state index contributed by atoms with van der Waals surface area (Å²) in [5, 5.41) is 2.86. The second-order valence-electron chi connectivity index (χ2n) is 9.95. The Labute approximate surface area is 192 Å². The van der Waals surface area contributed by atoms with Crippen LogP contribution in [0.5, 0.6) is 5.75 Å². The zero-order valence-electron chi connectivity index (χ0n) is 19.5. The molecule has 0 unspecified atom stereocenters. The van der Waals surface area contributed by atoms with Crippen molar-refractivity contribution in [1.82, 2.24) is 10.2 Å². The number of rotatable bonds is 6. The van der Waals surface area contributed by atoms with Crippen molar-refractivity contribution >= 4 is 5.91 Å². The van der Waals surface area contributed by atoms with Crippen molar-refractivity contribution in [2.24, 2.45) is 11.8 Å². The molecule has 2 aliphatic carbocycles. The summed E-state index contributed by atoms with van der Waals surface area (Å²) in [6, 6.07) is 15.3. The molecule has 2 aromatic carbocycles. The minimum Gasteiger partial charge on any atom is -0.496 e. The molecule has 4 nitrogen and oxygen atoms in total. The first-order valence-corrected chi connectivity index (χ1v) is 12.5. The second-order valence-corrected chi connectivity index (χ2v) is 9.95. The molecule has 0 radical (unpaired) electrons. The van der Waals surface area contributed by atoms with Crippen molar-refractivity contribution in [1.29, 1.82) is 0 Å². The fourth-order valence-corrected chi connectivity index (χ4v) is 6.51. The number of hydrogen-bond acceptors (Lipinski definition) is 3. The number of likely N-dealkylation sites (tertiary alicyclic amines) is 1. The van der Waals surface area contributed by atoms with E-state index in [1.54, 1.807) is 7.11 Å². The van der Waals surface area contributed by atoms with Crippen molar-refractivity contribution in [3.8, 4) is 16.9 Å². The van der Waals surface area contributed by atoms with E-state index in [4.69, 9.17) is 4.74 Å². The van der Waals surface area contributed by atoms with Crippen molar-refractivity contribution in [3.63, 3.8) is 0 Å². The maximum atomic E-state index is 12.1. The molecular formula is C28H36N2O2. The quantitative estimate of drug-likeness (QED) is 0.657. The van der Waals surface area contributed by atoms with E-state index >= 15 is 0 Å². The molecule has 2 bridgehead atoms. The van der Waals surface area contributed by atoms with E-state index in [0.29, 0.717) is 18.0 Å². The van der Waals surface area contributed by atoms with E-state index in [-0.39, 0.29) is 5.91 Å². The monoisotopic (exact) mass is 432 g/mol. The number of fused-ring (bicyclic) bond motifs is 2. The summed E-state index contributed by atoms with van der Waals surface area (Å²) in [4.78, 5) is 14.9. The van der Waals surface area contributed by atoms with Gasteiger partial charge in [0, 0.05) is 18.2 Å². The number of amides is 1. The van der Waals surface area contributed by atoms with Crippen LogP contribution >= 0.6 is 0 Å². The molecule has 0 spiro atoms. The lowest BCUT2D eigenvalue weighted by atomic mass is 9.85. The van der Waals surface area contributed by atoms with Gasteiger partial charge in [-0.05, 0) is 111 Å². The summed E-state index contributed by atoms with van der Waals surface area (Å²) in [6.45, 7) is 5.01. The zero-order chi connectivity index (χ0) is 22.1. The van der Waals surface area contributed by atoms with Crippen molar-refractivity contribution in [2.75, 3.05) is 26.7 Å². The maximum absolute atomic E-state index is 12.1. The van der Waals surface area contributed by atoms with Gasteiger partial charge in [-0.25, -0.2) is 0 Å². The predicted molar refractivity (Wildman–Crippen MR) is 129 cm³/mol. The first-order valence-electron chi connectivity index (χ1n) is 12.5. The molecule has 2 saturated carbocycles. The summed E-state index contributed by atoms with van der Waals surface area (Å²) in [7, 11) is 1.78. The van der Waals surface area contributed by atoms with Crippen LogP contribution in [0.2, 0.25) is 0 Å². The molecule has 3 aliphatic rings. The van der Waals surface area contributed by atoms with Gasteiger partial charge in [-0.3, -0.25) is 4.79 Å². The largest absolute Gasteiger partial charge is 0.496 e. The van der Waals surface area contributed by atoms with Gasteiger partial charge in [0.2, 0.25) is 0 Å². The molecule has 1 aliphatic heterocycles. The number of carbonyl (C=O) groups is 1. The first-order chi connectivity index (χ1) is 15.7. The van der Waals surface area contributed by atoms with Crippen LogP contribution in [-0.4, -0.2) is 43.6 Å². The van der Waals surface area contributed by atoms with Crippen LogP contribution in [0, 0.1) is 11.8 Å². The number of benzene rings is 2. The van der Waals surface area contributed by atoms with Crippen LogP contribution in [0.1, 0.15) is 67.3 Å². The maximum Gasteiger partial charge on any atom is 0.251 e. The zero-order valence-corrected chi connectivity index (χ0v) is 19.5. The van der Waals surface area contributed by atoms with Crippen LogP contribution in [-0.2, 0) is 0 Å². The van der Waals surface area contributed by atoms with E-state index < -0.39 is 0 Å². The minimum absolute atomic E-state index is 0.0169. The molecule has 2 aromatic rings. The summed E-state index contributed by atoms with van der Waals surface area (Å²) in [6.07, 6.45) is 8.29. The Kier molecular flexibility index (Phi) is 6.23. The Balaban J connectivity index is 1.30. The van der Waals surface area contributed by atoms with Crippen LogP contribution < -0.4 is 10.1 Å². The highest BCUT2D eigenvalue weighted by molar-refractivity contribution is 5.94. The molecule has 4 heteroatoms. The summed E-state index contributed by atoms with van der Waals surface area (Å²) >= 11 is 0. The van der Waals surface area contributed by atoms with Crippen molar-refractivity contribution < 1.29 is 9.53 Å². The van der Waals surface area contributed by atoms with Gasteiger partial charge in [-0.15, -0.1) is 0 Å². The average molecular weight is 433 g/mol. The third-order valence-electron chi connectivity index (χ3n) is 8.19. The fraction of sp³-hybridized carbons (Fsp3) is 0.536. The molecule has 1 amide bonds. The number of hydrogen-bond donors (Lipinski definition) is 1. The molecular weight excluding hydrogens is 396 g/mol. The molecule has 5 rings (SSSR count). The van der Waals surface area contributed by atoms with E-state index in [1.807, 2.05) is 31.2 Å². The summed E-state index contributed by atoms with van der Waals surface area (Å²) in [5.74, 6) is 3.52. The van der Waals surface area contributed by atoms with E-state index in [1.165, 1.54) is 62.7 Å².